The van der Waals surface area contributed by atoms with Crippen molar-refractivity contribution < 1.29 is 17.2 Å². The summed E-state index contributed by atoms with van der Waals surface area (Å²) < 4.78 is 44.2. The number of oxazole rings is 1. The Bertz CT molecular complexity index is 914. The number of thiophene rings is 1. The molecule has 2 heterocycles. The molecule has 0 aliphatic rings. The number of sulfone groups is 1. The molecule has 0 bridgehead atoms. The van der Waals surface area contributed by atoms with Gasteiger partial charge in [-0.3, -0.25) is 0 Å². The molecule has 0 spiro atoms. The van der Waals surface area contributed by atoms with E-state index in [2.05, 4.69) is 4.98 Å². The molecule has 2 aromatic heterocycles. The SMILES string of the molecule is CN(C)c1oc(-c2cccs2)nc1S(=O)(=O)c1ccc(F)cc1. The zero-order valence-electron chi connectivity index (χ0n) is 12.4. The van der Waals surface area contributed by atoms with Crippen LogP contribution in [0.2, 0.25) is 0 Å². The molecule has 8 heteroatoms. The molecule has 0 aliphatic heterocycles. The largest absolute Gasteiger partial charge is 0.418 e. The minimum absolute atomic E-state index is 0.0342. The first kappa shape index (κ1) is 15.7. The summed E-state index contributed by atoms with van der Waals surface area (Å²) in [5.74, 6) is -0.127. The number of anilines is 1. The van der Waals surface area contributed by atoms with Crippen molar-refractivity contribution in [3.05, 3.63) is 47.6 Å². The second kappa shape index (κ2) is 5.78. The Labute approximate surface area is 136 Å². The minimum atomic E-state index is -3.91. The topological polar surface area (TPSA) is 63.4 Å². The monoisotopic (exact) mass is 352 g/mol. The fraction of sp³-hybridized carbons (Fsp3) is 0.133. The molecule has 3 rings (SSSR count). The van der Waals surface area contributed by atoms with E-state index in [1.54, 1.807) is 25.1 Å². The molecule has 0 aliphatic carbocycles. The standard InChI is InChI=1S/C15H13FN2O3S2/c1-18(2)15-14(17-13(21-15)12-4-3-9-22-12)23(19,20)11-7-5-10(16)6-8-11/h3-9H,1-2H3. The lowest BCUT2D eigenvalue weighted by Gasteiger charge is -2.10. The molecule has 120 valence electrons. The fourth-order valence-electron chi connectivity index (χ4n) is 1.99. The summed E-state index contributed by atoms with van der Waals surface area (Å²) in [6, 6.07) is 8.25. The summed E-state index contributed by atoms with van der Waals surface area (Å²) >= 11 is 1.40. The Balaban J connectivity index is 2.16. The van der Waals surface area contributed by atoms with Gasteiger partial charge in [-0.05, 0) is 35.7 Å². The molecule has 0 atom stereocenters. The summed E-state index contributed by atoms with van der Waals surface area (Å²) in [4.78, 5) is 6.40. The van der Waals surface area contributed by atoms with Crippen molar-refractivity contribution in [2.24, 2.45) is 0 Å². The van der Waals surface area contributed by atoms with Gasteiger partial charge in [-0.15, -0.1) is 11.3 Å². The van der Waals surface area contributed by atoms with Crippen molar-refractivity contribution in [1.82, 2.24) is 4.98 Å². The van der Waals surface area contributed by atoms with Crippen LogP contribution in [-0.2, 0) is 9.84 Å². The first-order chi connectivity index (χ1) is 10.9. The van der Waals surface area contributed by atoms with Crippen molar-refractivity contribution in [2.75, 3.05) is 19.0 Å². The first-order valence-corrected chi connectivity index (χ1v) is 8.98. The third kappa shape index (κ3) is 2.87. The number of rotatable bonds is 4. The maximum absolute atomic E-state index is 13.0. The van der Waals surface area contributed by atoms with E-state index in [-0.39, 0.29) is 21.7 Å². The van der Waals surface area contributed by atoms with Gasteiger partial charge in [0, 0.05) is 14.1 Å². The van der Waals surface area contributed by atoms with Crippen molar-refractivity contribution in [3.8, 4) is 10.8 Å². The Morgan fingerprint density at radius 1 is 1.17 bits per heavy atom. The predicted molar refractivity (Wildman–Crippen MR) is 86.0 cm³/mol. The van der Waals surface area contributed by atoms with E-state index in [1.165, 1.54) is 23.5 Å². The van der Waals surface area contributed by atoms with Crippen molar-refractivity contribution in [3.63, 3.8) is 0 Å². The Morgan fingerprint density at radius 2 is 1.87 bits per heavy atom. The molecule has 23 heavy (non-hydrogen) atoms. The minimum Gasteiger partial charge on any atom is -0.418 e. The van der Waals surface area contributed by atoms with Gasteiger partial charge in [0.15, 0.2) is 0 Å². The lowest BCUT2D eigenvalue weighted by Crippen LogP contribution is -2.13. The van der Waals surface area contributed by atoms with Crippen LogP contribution in [-0.4, -0.2) is 27.5 Å². The van der Waals surface area contributed by atoms with E-state index in [1.807, 2.05) is 11.4 Å². The van der Waals surface area contributed by atoms with Crippen LogP contribution in [0, 0.1) is 5.82 Å². The zero-order chi connectivity index (χ0) is 16.6. The number of hydrogen-bond acceptors (Lipinski definition) is 6. The van der Waals surface area contributed by atoms with Gasteiger partial charge in [0.05, 0.1) is 9.77 Å². The van der Waals surface area contributed by atoms with Crippen LogP contribution >= 0.6 is 11.3 Å². The van der Waals surface area contributed by atoms with E-state index >= 15 is 0 Å². The van der Waals surface area contributed by atoms with Gasteiger partial charge in [-0.25, -0.2) is 12.8 Å². The third-order valence-corrected chi connectivity index (χ3v) is 5.62. The maximum Gasteiger partial charge on any atom is 0.240 e. The molecule has 0 amide bonds. The Kier molecular flexibility index (Phi) is 3.95. The highest BCUT2D eigenvalue weighted by atomic mass is 32.2. The average Bonchev–Trinajstić information content (AvgIpc) is 3.17. The molecule has 0 saturated carbocycles. The zero-order valence-corrected chi connectivity index (χ0v) is 14.0. The number of halogens is 1. The predicted octanol–water partition coefficient (Wildman–Crippen LogP) is 3.44. The molecule has 0 N–H and O–H groups in total. The number of nitrogens with zero attached hydrogens (tertiary/aromatic N) is 2. The van der Waals surface area contributed by atoms with Crippen molar-refractivity contribution in [2.45, 2.75) is 9.92 Å². The molecule has 0 fully saturated rings. The molecule has 0 unspecified atom stereocenters. The van der Waals surface area contributed by atoms with Crippen LogP contribution < -0.4 is 4.90 Å². The summed E-state index contributed by atoms with van der Waals surface area (Å²) in [6.07, 6.45) is 0. The molecule has 1 aromatic carbocycles. The number of benzene rings is 1. The lowest BCUT2D eigenvalue weighted by molar-refractivity contribution is 0.565. The highest BCUT2D eigenvalue weighted by Gasteiger charge is 2.29. The van der Waals surface area contributed by atoms with E-state index in [0.717, 1.165) is 17.0 Å². The Morgan fingerprint density at radius 3 is 2.43 bits per heavy atom. The Hall–Kier alpha value is -2.19. The molecular formula is C15H13FN2O3S2. The van der Waals surface area contributed by atoms with Crippen LogP contribution in [0.25, 0.3) is 10.8 Å². The van der Waals surface area contributed by atoms with Gasteiger partial charge in [0.1, 0.15) is 5.82 Å². The summed E-state index contributed by atoms with van der Waals surface area (Å²) in [6.45, 7) is 0. The van der Waals surface area contributed by atoms with Gasteiger partial charge in [-0.2, -0.15) is 4.98 Å². The van der Waals surface area contributed by atoms with Gasteiger partial charge in [0.25, 0.3) is 0 Å². The highest BCUT2D eigenvalue weighted by Crippen LogP contribution is 2.35. The van der Waals surface area contributed by atoms with E-state index in [0.29, 0.717) is 0 Å². The second-order valence-electron chi connectivity index (χ2n) is 4.96. The lowest BCUT2D eigenvalue weighted by atomic mass is 10.4. The molecule has 5 nitrogen and oxygen atoms in total. The first-order valence-electron chi connectivity index (χ1n) is 6.62. The number of hydrogen-bond donors (Lipinski definition) is 0. The summed E-state index contributed by atoms with van der Waals surface area (Å²) in [5.41, 5.74) is 0. The van der Waals surface area contributed by atoms with Crippen LogP contribution in [0.1, 0.15) is 0 Å². The van der Waals surface area contributed by atoms with Crippen LogP contribution in [0.3, 0.4) is 0 Å². The van der Waals surface area contributed by atoms with Crippen LogP contribution in [0.4, 0.5) is 10.3 Å². The second-order valence-corrected chi connectivity index (χ2v) is 7.77. The molecule has 0 saturated heterocycles. The van der Waals surface area contributed by atoms with Crippen molar-refractivity contribution >= 4 is 27.1 Å². The van der Waals surface area contributed by atoms with E-state index in [9.17, 15) is 12.8 Å². The van der Waals surface area contributed by atoms with E-state index < -0.39 is 15.7 Å². The van der Waals surface area contributed by atoms with Crippen LogP contribution in [0.15, 0.2) is 56.1 Å². The van der Waals surface area contributed by atoms with Crippen LogP contribution in [0.5, 0.6) is 0 Å². The average molecular weight is 352 g/mol. The smallest absolute Gasteiger partial charge is 0.240 e. The third-order valence-electron chi connectivity index (χ3n) is 3.10. The van der Waals surface area contributed by atoms with Crippen molar-refractivity contribution in [1.29, 1.82) is 0 Å². The normalized spacial score (nSPS) is 11.6. The summed E-state index contributed by atoms with van der Waals surface area (Å²) in [5, 5.41) is 1.67. The fourth-order valence-corrected chi connectivity index (χ4v) is 4.01. The number of aromatic nitrogens is 1. The molecule has 0 radical (unpaired) electrons. The van der Waals surface area contributed by atoms with Gasteiger partial charge in [0.2, 0.25) is 26.6 Å². The molecule has 3 aromatic rings. The van der Waals surface area contributed by atoms with Gasteiger partial charge >= 0.3 is 0 Å². The van der Waals surface area contributed by atoms with E-state index in [4.69, 9.17) is 4.42 Å². The maximum atomic E-state index is 13.0. The quantitative estimate of drug-likeness (QED) is 0.673. The molecular weight excluding hydrogens is 339 g/mol. The highest BCUT2D eigenvalue weighted by molar-refractivity contribution is 7.91. The summed E-state index contributed by atoms with van der Waals surface area (Å²) in [7, 11) is -0.572. The van der Waals surface area contributed by atoms with Gasteiger partial charge in [-0.1, -0.05) is 6.07 Å². The van der Waals surface area contributed by atoms with Gasteiger partial charge < -0.3 is 9.32 Å².